The van der Waals surface area contributed by atoms with Crippen LogP contribution in [-0.4, -0.2) is 21.1 Å². The van der Waals surface area contributed by atoms with E-state index >= 15 is 0 Å². The Kier molecular flexibility index (Phi) is 2.34. The van der Waals surface area contributed by atoms with Crippen LogP contribution >= 0.6 is 0 Å². The van der Waals surface area contributed by atoms with E-state index in [0.29, 0.717) is 24.7 Å². The number of fused-ring (bicyclic) bond motifs is 1. The zero-order valence-corrected chi connectivity index (χ0v) is 8.93. The Bertz CT molecular complexity index is 551. The Morgan fingerprint density at radius 2 is 2.24 bits per heavy atom. The van der Waals surface area contributed by atoms with Crippen LogP contribution in [0.1, 0.15) is 21.5 Å². The highest BCUT2D eigenvalue weighted by Crippen LogP contribution is 2.21. The van der Waals surface area contributed by atoms with Gasteiger partial charge in [-0.15, -0.1) is 0 Å². The third-order valence-corrected chi connectivity index (χ3v) is 2.63. The molecular weight excluding hydrogens is 220 g/mol. The first-order chi connectivity index (χ1) is 8.33. The van der Waals surface area contributed by atoms with Crippen molar-refractivity contribution in [3.05, 3.63) is 41.2 Å². The second-order valence-electron chi connectivity index (χ2n) is 3.76. The lowest BCUT2D eigenvalue weighted by Gasteiger charge is -2.03. The number of benzene rings is 1. The molecular formula is C11H10N4O2. The Hall–Kier alpha value is -2.21. The number of ether oxygens (including phenoxy) is 1. The molecule has 2 aromatic rings. The minimum absolute atomic E-state index is 0.212. The van der Waals surface area contributed by atoms with Crippen molar-refractivity contribution in [1.82, 2.24) is 15.2 Å². The standard InChI is InChI=1S/C11H10N4O2/c16-10(14-11-12-6-13-15-11)7-1-2-8-4-17-5-9(8)3-7/h1-3,6H,4-5H2,(H2,12,13,14,15,16). The van der Waals surface area contributed by atoms with E-state index in [4.69, 9.17) is 4.74 Å². The average Bonchev–Trinajstić information content (AvgIpc) is 2.97. The summed E-state index contributed by atoms with van der Waals surface area (Å²) >= 11 is 0. The Balaban J connectivity index is 1.82. The van der Waals surface area contributed by atoms with Crippen LogP contribution in [0.3, 0.4) is 0 Å². The van der Waals surface area contributed by atoms with Gasteiger partial charge in [-0.05, 0) is 23.3 Å². The molecule has 1 aromatic heterocycles. The SMILES string of the molecule is O=C(Nc1ncn[nH]1)c1ccc2c(c1)COC2. The van der Waals surface area contributed by atoms with Gasteiger partial charge in [0.15, 0.2) is 0 Å². The van der Waals surface area contributed by atoms with Crippen LogP contribution in [0, 0.1) is 0 Å². The van der Waals surface area contributed by atoms with Crippen molar-refractivity contribution in [1.29, 1.82) is 0 Å². The van der Waals surface area contributed by atoms with Crippen molar-refractivity contribution in [3.63, 3.8) is 0 Å². The molecule has 0 unspecified atom stereocenters. The van der Waals surface area contributed by atoms with Crippen molar-refractivity contribution < 1.29 is 9.53 Å². The minimum atomic E-state index is -0.212. The number of H-pyrrole nitrogens is 1. The van der Waals surface area contributed by atoms with E-state index in [1.54, 1.807) is 6.07 Å². The largest absolute Gasteiger partial charge is 0.372 e. The first-order valence-corrected chi connectivity index (χ1v) is 5.19. The zero-order valence-electron chi connectivity index (χ0n) is 8.93. The predicted molar refractivity (Wildman–Crippen MR) is 59.3 cm³/mol. The fourth-order valence-corrected chi connectivity index (χ4v) is 1.76. The van der Waals surface area contributed by atoms with Gasteiger partial charge in [-0.3, -0.25) is 10.1 Å². The summed E-state index contributed by atoms with van der Waals surface area (Å²) in [6.07, 6.45) is 1.34. The summed E-state index contributed by atoms with van der Waals surface area (Å²) in [5.41, 5.74) is 2.79. The first-order valence-electron chi connectivity index (χ1n) is 5.19. The number of nitrogens with one attached hydrogen (secondary N) is 2. The number of aromatic amines is 1. The summed E-state index contributed by atoms with van der Waals surface area (Å²) in [4.78, 5) is 15.7. The van der Waals surface area contributed by atoms with Crippen LogP contribution in [0.4, 0.5) is 5.95 Å². The molecule has 0 radical (unpaired) electrons. The van der Waals surface area contributed by atoms with Crippen LogP contribution in [0.25, 0.3) is 0 Å². The van der Waals surface area contributed by atoms with Gasteiger partial charge >= 0.3 is 0 Å². The van der Waals surface area contributed by atoms with E-state index in [1.807, 2.05) is 12.1 Å². The lowest BCUT2D eigenvalue weighted by Crippen LogP contribution is -2.13. The molecule has 1 aliphatic heterocycles. The first kappa shape index (κ1) is 9.98. The molecule has 0 saturated heterocycles. The second-order valence-corrected chi connectivity index (χ2v) is 3.76. The van der Waals surface area contributed by atoms with Crippen LogP contribution in [0.2, 0.25) is 0 Å². The summed E-state index contributed by atoms with van der Waals surface area (Å²) in [7, 11) is 0. The third-order valence-electron chi connectivity index (χ3n) is 2.63. The molecule has 3 rings (SSSR count). The molecule has 0 bridgehead atoms. The molecule has 17 heavy (non-hydrogen) atoms. The van der Waals surface area contributed by atoms with Crippen LogP contribution < -0.4 is 5.32 Å². The van der Waals surface area contributed by atoms with E-state index in [9.17, 15) is 4.79 Å². The third kappa shape index (κ3) is 1.90. The van der Waals surface area contributed by atoms with E-state index in [1.165, 1.54) is 6.33 Å². The zero-order chi connectivity index (χ0) is 11.7. The van der Waals surface area contributed by atoms with Gasteiger partial charge in [0.2, 0.25) is 5.95 Å². The molecule has 2 heterocycles. The smallest absolute Gasteiger partial charge is 0.258 e. The second kappa shape index (κ2) is 3.99. The van der Waals surface area contributed by atoms with E-state index in [-0.39, 0.29) is 5.91 Å². The topological polar surface area (TPSA) is 79.9 Å². The lowest BCUT2D eigenvalue weighted by molar-refractivity contribution is 0.102. The van der Waals surface area contributed by atoms with Gasteiger partial charge in [0.1, 0.15) is 6.33 Å². The van der Waals surface area contributed by atoms with Gasteiger partial charge in [0.25, 0.3) is 5.91 Å². The maximum Gasteiger partial charge on any atom is 0.258 e. The predicted octanol–water partition coefficient (Wildman–Crippen LogP) is 1.09. The molecule has 0 spiro atoms. The lowest BCUT2D eigenvalue weighted by atomic mass is 10.1. The van der Waals surface area contributed by atoms with Gasteiger partial charge in [-0.2, -0.15) is 10.1 Å². The Morgan fingerprint density at radius 1 is 1.35 bits per heavy atom. The molecule has 1 aliphatic rings. The number of aromatic nitrogens is 3. The summed E-state index contributed by atoms with van der Waals surface area (Å²) < 4.78 is 5.30. The molecule has 0 fully saturated rings. The number of carbonyl (C=O) groups excluding carboxylic acids is 1. The maximum atomic E-state index is 11.9. The van der Waals surface area contributed by atoms with Crippen molar-refractivity contribution >= 4 is 11.9 Å². The summed E-state index contributed by atoms with van der Waals surface area (Å²) in [5.74, 6) is 0.128. The van der Waals surface area contributed by atoms with Crippen molar-refractivity contribution in [2.75, 3.05) is 5.32 Å². The van der Waals surface area contributed by atoms with Crippen LogP contribution in [-0.2, 0) is 18.0 Å². The molecule has 86 valence electrons. The van der Waals surface area contributed by atoms with Gasteiger partial charge in [0.05, 0.1) is 13.2 Å². The van der Waals surface area contributed by atoms with E-state index < -0.39 is 0 Å². The molecule has 6 heteroatoms. The highest BCUT2D eigenvalue weighted by atomic mass is 16.5. The van der Waals surface area contributed by atoms with E-state index in [2.05, 4.69) is 20.5 Å². The van der Waals surface area contributed by atoms with Gasteiger partial charge in [-0.25, -0.2) is 5.10 Å². The summed E-state index contributed by atoms with van der Waals surface area (Å²) in [5, 5.41) is 8.85. The molecule has 1 amide bonds. The number of hydrogen-bond acceptors (Lipinski definition) is 4. The van der Waals surface area contributed by atoms with Gasteiger partial charge < -0.3 is 4.74 Å². The van der Waals surface area contributed by atoms with Crippen molar-refractivity contribution in [2.24, 2.45) is 0 Å². The van der Waals surface area contributed by atoms with E-state index in [0.717, 1.165) is 11.1 Å². The fourth-order valence-electron chi connectivity index (χ4n) is 1.76. The van der Waals surface area contributed by atoms with Crippen molar-refractivity contribution in [3.8, 4) is 0 Å². The quantitative estimate of drug-likeness (QED) is 0.809. The number of carbonyl (C=O) groups is 1. The molecule has 6 nitrogen and oxygen atoms in total. The number of anilines is 1. The number of hydrogen-bond donors (Lipinski definition) is 2. The maximum absolute atomic E-state index is 11.9. The normalized spacial score (nSPS) is 13.4. The highest BCUT2D eigenvalue weighted by Gasteiger charge is 2.14. The van der Waals surface area contributed by atoms with Gasteiger partial charge in [-0.1, -0.05) is 6.07 Å². The molecule has 2 N–H and O–H groups in total. The monoisotopic (exact) mass is 230 g/mol. The Labute approximate surface area is 97.0 Å². The minimum Gasteiger partial charge on any atom is -0.372 e. The summed E-state index contributed by atoms with van der Waals surface area (Å²) in [6, 6.07) is 5.53. The fraction of sp³-hybridized carbons (Fsp3) is 0.182. The number of amides is 1. The highest BCUT2D eigenvalue weighted by molar-refractivity contribution is 6.03. The van der Waals surface area contributed by atoms with Crippen LogP contribution in [0.15, 0.2) is 24.5 Å². The molecule has 0 atom stereocenters. The molecule has 1 aromatic carbocycles. The van der Waals surface area contributed by atoms with Crippen molar-refractivity contribution in [2.45, 2.75) is 13.2 Å². The average molecular weight is 230 g/mol. The summed E-state index contributed by atoms with van der Waals surface area (Å²) in [6.45, 7) is 1.19. The number of rotatable bonds is 2. The molecule has 0 aliphatic carbocycles. The Morgan fingerprint density at radius 3 is 3.06 bits per heavy atom. The molecule has 0 saturated carbocycles. The van der Waals surface area contributed by atoms with Crippen LogP contribution in [0.5, 0.6) is 0 Å². The van der Waals surface area contributed by atoms with Gasteiger partial charge in [0, 0.05) is 5.56 Å². The number of nitrogens with zero attached hydrogens (tertiary/aromatic N) is 2.